The molecule has 1 rings (SSSR count). The summed E-state index contributed by atoms with van der Waals surface area (Å²) < 4.78 is 0. The quantitative estimate of drug-likeness (QED) is 0.683. The van der Waals surface area contributed by atoms with E-state index in [0.717, 1.165) is 6.42 Å². The standard InChI is InChI=1S/C14H21ClN4O2/c1-3-6-17-12(20)5-7-18-14(21)10-8-11(15)13(16-4-2)19-9-10/h8-9H,3-7H2,1-2H3,(H,16,19)(H,17,20)(H,18,21). The van der Waals surface area contributed by atoms with Gasteiger partial charge in [0.25, 0.3) is 5.91 Å². The molecule has 0 saturated heterocycles. The number of hydrogen-bond donors (Lipinski definition) is 3. The first-order valence-corrected chi connectivity index (χ1v) is 7.40. The molecule has 0 aliphatic rings. The first-order chi connectivity index (χ1) is 10.1. The van der Waals surface area contributed by atoms with E-state index < -0.39 is 0 Å². The summed E-state index contributed by atoms with van der Waals surface area (Å²) in [7, 11) is 0. The third-order valence-electron chi connectivity index (χ3n) is 2.66. The third kappa shape index (κ3) is 5.99. The summed E-state index contributed by atoms with van der Waals surface area (Å²) in [6.45, 7) is 5.54. The van der Waals surface area contributed by atoms with Gasteiger partial charge in [0.05, 0.1) is 10.6 Å². The summed E-state index contributed by atoms with van der Waals surface area (Å²) >= 11 is 6.02. The second-order valence-electron chi connectivity index (χ2n) is 4.44. The molecule has 0 spiro atoms. The van der Waals surface area contributed by atoms with Gasteiger partial charge in [0.15, 0.2) is 0 Å². The fraction of sp³-hybridized carbons (Fsp3) is 0.500. The van der Waals surface area contributed by atoms with Gasteiger partial charge in [0, 0.05) is 32.3 Å². The van der Waals surface area contributed by atoms with E-state index in [-0.39, 0.29) is 24.8 Å². The van der Waals surface area contributed by atoms with Crippen LogP contribution in [-0.2, 0) is 4.79 Å². The molecule has 3 N–H and O–H groups in total. The van der Waals surface area contributed by atoms with Crippen LogP contribution >= 0.6 is 11.6 Å². The molecule has 6 nitrogen and oxygen atoms in total. The van der Waals surface area contributed by atoms with Crippen molar-refractivity contribution in [3.05, 3.63) is 22.8 Å². The van der Waals surface area contributed by atoms with Gasteiger partial charge in [0.2, 0.25) is 5.91 Å². The van der Waals surface area contributed by atoms with Crippen LogP contribution in [0.2, 0.25) is 5.02 Å². The van der Waals surface area contributed by atoms with Gasteiger partial charge < -0.3 is 16.0 Å². The van der Waals surface area contributed by atoms with E-state index in [0.29, 0.717) is 29.5 Å². The maximum absolute atomic E-state index is 11.9. The van der Waals surface area contributed by atoms with Crippen molar-refractivity contribution in [1.29, 1.82) is 0 Å². The Kier molecular flexibility index (Phi) is 7.53. The van der Waals surface area contributed by atoms with Crippen molar-refractivity contribution in [2.45, 2.75) is 26.7 Å². The predicted molar refractivity (Wildman–Crippen MR) is 83.7 cm³/mol. The van der Waals surface area contributed by atoms with Gasteiger partial charge in [-0.25, -0.2) is 4.98 Å². The fourth-order valence-corrected chi connectivity index (χ4v) is 1.84. The minimum atomic E-state index is -0.296. The number of carbonyl (C=O) groups is 2. The number of rotatable bonds is 8. The molecule has 0 atom stereocenters. The summed E-state index contributed by atoms with van der Waals surface area (Å²) in [5.41, 5.74) is 0.371. The average Bonchev–Trinajstić information content (AvgIpc) is 2.47. The second kappa shape index (κ2) is 9.18. The minimum Gasteiger partial charge on any atom is -0.369 e. The molecule has 21 heavy (non-hydrogen) atoms. The van der Waals surface area contributed by atoms with Crippen molar-refractivity contribution < 1.29 is 9.59 Å². The van der Waals surface area contributed by atoms with Gasteiger partial charge in [-0.1, -0.05) is 18.5 Å². The van der Waals surface area contributed by atoms with E-state index in [1.807, 2.05) is 13.8 Å². The van der Waals surface area contributed by atoms with Crippen LogP contribution in [0, 0.1) is 0 Å². The molecule has 1 aromatic heterocycles. The molecule has 1 heterocycles. The van der Waals surface area contributed by atoms with Gasteiger partial charge in [-0.3, -0.25) is 9.59 Å². The molecule has 1 aromatic rings. The Balaban J connectivity index is 2.45. The van der Waals surface area contributed by atoms with Crippen molar-refractivity contribution in [2.24, 2.45) is 0 Å². The van der Waals surface area contributed by atoms with Crippen LogP contribution in [-0.4, -0.2) is 36.4 Å². The predicted octanol–water partition coefficient (Wildman–Crippen LogP) is 1.81. The molecule has 0 aliphatic carbocycles. The highest BCUT2D eigenvalue weighted by Gasteiger charge is 2.10. The van der Waals surface area contributed by atoms with Crippen LogP contribution in [0.3, 0.4) is 0 Å². The Labute approximate surface area is 129 Å². The topological polar surface area (TPSA) is 83.1 Å². The lowest BCUT2D eigenvalue weighted by molar-refractivity contribution is -0.120. The zero-order valence-corrected chi connectivity index (χ0v) is 13.1. The number of halogens is 1. The highest BCUT2D eigenvalue weighted by molar-refractivity contribution is 6.33. The Morgan fingerprint density at radius 3 is 2.62 bits per heavy atom. The number of pyridine rings is 1. The number of hydrogen-bond acceptors (Lipinski definition) is 4. The smallest absolute Gasteiger partial charge is 0.252 e. The Bertz CT molecular complexity index is 494. The van der Waals surface area contributed by atoms with Crippen molar-refractivity contribution >= 4 is 29.2 Å². The lowest BCUT2D eigenvalue weighted by atomic mass is 10.2. The maximum Gasteiger partial charge on any atom is 0.252 e. The molecule has 116 valence electrons. The minimum absolute atomic E-state index is 0.0733. The van der Waals surface area contributed by atoms with Gasteiger partial charge >= 0.3 is 0 Å². The zero-order chi connectivity index (χ0) is 15.7. The van der Waals surface area contributed by atoms with E-state index in [1.54, 1.807) is 6.07 Å². The SMILES string of the molecule is CCCNC(=O)CCNC(=O)c1cnc(NCC)c(Cl)c1. The number of nitrogens with zero attached hydrogens (tertiary/aromatic N) is 1. The second-order valence-corrected chi connectivity index (χ2v) is 4.85. The highest BCUT2D eigenvalue weighted by atomic mass is 35.5. The third-order valence-corrected chi connectivity index (χ3v) is 2.95. The summed E-state index contributed by atoms with van der Waals surface area (Å²) in [5.74, 6) is 0.182. The lowest BCUT2D eigenvalue weighted by Crippen LogP contribution is -2.31. The highest BCUT2D eigenvalue weighted by Crippen LogP contribution is 2.19. The van der Waals surface area contributed by atoms with E-state index >= 15 is 0 Å². The molecule has 0 radical (unpaired) electrons. The van der Waals surface area contributed by atoms with E-state index in [4.69, 9.17) is 11.6 Å². The molecule has 0 aliphatic heterocycles. The summed E-state index contributed by atoms with van der Waals surface area (Å²) in [4.78, 5) is 27.4. The molecule has 0 saturated carbocycles. The number of nitrogens with one attached hydrogen (secondary N) is 3. The Morgan fingerprint density at radius 1 is 1.24 bits per heavy atom. The van der Waals surface area contributed by atoms with Crippen LogP contribution in [0.4, 0.5) is 5.82 Å². The lowest BCUT2D eigenvalue weighted by Gasteiger charge is -2.08. The van der Waals surface area contributed by atoms with Crippen molar-refractivity contribution in [2.75, 3.05) is 25.0 Å². The molecular formula is C14H21ClN4O2. The molecule has 0 bridgehead atoms. The van der Waals surface area contributed by atoms with Gasteiger partial charge in [-0.15, -0.1) is 0 Å². The summed E-state index contributed by atoms with van der Waals surface area (Å²) in [6.07, 6.45) is 2.60. The first kappa shape index (κ1) is 17.2. The average molecular weight is 313 g/mol. The van der Waals surface area contributed by atoms with E-state index in [2.05, 4.69) is 20.9 Å². The van der Waals surface area contributed by atoms with E-state index in [9.17, 15) is 9.59 Å². The monoisotopic (exact) mass is 312 g/mol. The van der Waals surface area contributed by atoms with Gasteiger partial charge in [-0.05, 0) is 19.4 Å². The molecule has 2 amide bonds. The molecule has 7 heteroatoms. The molecule has 0 unspecified atom stereocenters. The normalized spacial score (nSPS) is 10.0. The van der Waals surface area contributed by atoms with Crippen LogP contribution < -0.4 is 16.0 Å². The van der Waals surface area contributed by atoms with Gasteiger partial charge in [-0.2, -0.15) is 0 Å². The van der Waals surface area contributed by atoms with Crippen LogP contribution in [0.1, 0.15) is 37.0 Å². The Morgan fingerprint density at radius 2 is 2.00 bits per heavy atom. The molecule has 0 fully saturated rings. The fourth-order valence-electron chi connectivity index (χ4n) is 1.60. The van der Waals surface area contributed by atoms with Crippen molar-refractivity contribution in [3.63, 3.8) is 0 Å². The molecular weight excluding hydrogens is 292 g/mol. The number of anilines is 1. The van der Waals surface area contributed by atoms with Crippen molar-refractivity contribution in [1.82, 2.24) is 15.6 Å². The Hall–Kier alpha value is -1.82. The zero-order valence-electron chi connectivity index (χ0n) is 12.3. The van der Waals surface area contributed by atoms with Crippen LogP contribution in [0.15, 0.2) is 12.3 Å². The van der Waals surface area contributed by atoms with Crippen LogP contribution in [0.25, 0.3) is 0 Å². The first-order valence-electron chi connectivity index (χ1n) is 7.02. The van der Waals surface area contributed by atoms with Crippen molar-refractivity contribution in [3.8, 4) is 0 Å². The molecule has 0 aromatic carbocycles. The van der Waals surface area contributed by atoms with Crippen LogP contribution in [0.5, 0.6) is 0 Å². The maximum atomic E-state index is 11.9. The van der Waals surface area contributed by atoms with E-state index in [1.165, 1.54) is 6.20 Å². The number of carbonyl (C=O) groups excluding carboxylic acids is 2. The van der Waals surface area contributed by atoms with Gasteiger partial charge in [0.1, 0.15) is 5.82 Å². The summed E-state index contributed by atoms with van der Waals surface area (Å²) in [6, 6.07) is 1.55. The number of amides is 2. The largest absolute Gasteiger partial charge is 0.369 e. The summed E-state index contributed by atoms with van der Waals surface area (Å²) in [5, 5.41) is 8.80. The number of aromatic nitrogens is 1.